The topological polar surface area (TPSA) is 46.5 Å². The summed E-state index contributed by atoms with van der Waals surface area (Å²) in [6.07, 6.45) is 11.8. The SMILES string of the molecule is CCCCC(C)c1cccc(C(=O)C(O)=Cc2cc(C(C)CCCC)cc(OC)c2C(C)CCCC)c1. The molecule has 0 fully saturated rings. The molecule has 1 N–H and O–H groups in total. The van der Waals surface area contributed by atoms with Gasteiger partial charge in [0.15, 0.2) is 5.76 Å². The van der Waals surface area contributed by atoms with Gasteiger partial charge >= 0.3 is 0 Å². The van der Waals surface area contributed by atoms with Crippen LogP contribution in [0.25, 0.3) is 6.08 Å². The highest BCUT2D eigenvalue weighted by Gasteiger charge is 2.21. The van der Waals surface area contributed by atoms with Crippen LogP contribution in [0.3, 0.4) is 0 Å². The molecule has 0 aliphatic heterocycles. The van der Waals surface area contributed by atoms with E-state index in [1.807, 2.05) is 12.1 Å². The minimum absolute atomic E-state index is 0.220. The highest BCUT2D eigenvalue weighted by Crippen LogP contribution is 2.38. The molecule has 204 valence electrons. The van der Waals surface area contributed by atoms with Crippen LogP contribution >= 0.6 is 0 Å². The molecule has 0 aliphatic rings. The number of Topliss-reactive ketones (excluding diaryl/α,β-unsaturated/α-hetero) is 1. The summed E-state index contributed by atoms with van der Waals surface area (Å²) in [5.41, 5.74) is 4.84. The average molecular weight is 507 g/mol. The second kappa shape index (κ2) is 15.6. The lowest BCUT2D eigenvalue weighted by Gasteiger charge is -2.22. The Morgan fingerprint density at radius 3 is 1.97 bits per heavy atom. The van der Waals surface area contributed by atoms with Crippen molar-refractivity contribution in [3.05, 3.63) is 70.0 Å². The van der Waals surface area contributed by atoms with Crippen molar-refractivity contribution in [3.8, 4) is 5.75 Å². The fraction of sp³-hybridized carbons (Fsp3) is 0.559. The first-order chi connectivity index (χ1) is 17.8. The fourth-order valence-electron chi connectivity index (χ4n) is 5.13. The summed E-state index contributed by atoms with van der Waals surface area (Å²) >= 11 is 0. The number of methoxy groups -OCH3 is 1. The summed E-state index contributed by atoms with van der Waals surface area (Å²) in [7, 11) is 1.72. The molecule has 0 amide bonds. The van der Waals surface area contributed by atoms with Gasteiger partial charge in [-0.15, -0.1) is 0 Å². The molecule has 0 aliphatic carbocycles. The minimum Gasteiger partial charge on any atom is -0.504 e. The Balaban J connectivity index is 2.51. The highest BCUT2D eigenvalue weighted by atomic mass is 16.5. The molecule has 0 heterocycles. The van der Waals surface area contributed by atoms with E-state index >= 15 is 0 Å². The fourth-order valence-corrected chi connectivity index (χ4v) is 5.13. The number of allylic oxidation sites excluding steroid dienone is 1. The molecular weight excluding hydrogens is 456 g/mol. The third-order valence-corrected chi connectivity index (χ3v) is 7.69. The molecule has 3 atom stereocenters. The summed E-state index contributed by atoms with van der Waals surface area (Å²) in [6, 6.07) is 12.1. The quantitative estimate of drug-likeness (QED) is 0.140. The van der Waals surface area contributed by atoms with Crippen LogP contribution in [0.2, 0.25) is 0 Å². The van der Waals surface area contributed by atoms with E-state index in [9.17, 15) is 9.90 Å². The number of carbonyl (C=O) groups is 1. The molecule has 2 aromatic carbocycles. The number of hydrogen-bond acceptors (Lipinski definition) is 3. The maximum Gasteiger partial charge on any atom is 0.227 e. The van der Waals surface area contributed by atoms with Crippen LogP contribution in [0, 0.1) is 0 Å². The van der Waals surface area contributed by atoms with Crippen molar-refractivity contribution in [2.45, 2.75) is 117 Å². The van der Waals surface area contributed by atoms with Crippen molar-refractivity contribution in [1.29, 1.82) is 0 Å². The number of benzene rings is 2. The monoisotopic (exact) mass is 506 g/mol. The first-order valence-electron chi connectivity index (χ1n) is 14.5. The van der Waals surface area contributed by atoms with Crippen molar-refractivity contribution in [2.24, 2.45) is 0 Å². The van der Waals surface area contributed by atoms with E-state index in [0.717, 1.165) is 67.4 Å². The van der Waals surface area contributed by atoms with Gasteiger partial charge in [0.2, 0.25) is 5.78 Å². The maximum absolute atomic E-state index is 13.4. The van der Waals surface area contributed by atoms with Gasteiger partial charge in [0.1, 0.15) is 5.75 Å². The number of ketones is 1. The van der Waals surface area contributed by atoms with Gasteiger partial charge in [0.25, 0.3) is 0 Å². The van der Waals surface area contributed by atoms with E-state index in [1.54, 1.807) is 19.3 Å². The number of aliphatic hydroxyl groups excluding tert-OH is 1. The zero-order valence-corrected chi connectivity index (χ0v) is 24.4. The minimum atomic E-state index is -0.333. The lowest BCUT2D eigenvalue weighted by Crippen LogP contribution is -2.07. The first-order valence-corrected chi connectivity index (χ1v) is 14.5. The van der Waals surface area contributed by atoms with Crippen molar-refractivity contribution < 1.29 is 14.6 Å². The third kappa shape index (κ3) is 8.76. The van der Waals surface area contributed by atoms with Gasteiger partial charge in [0, 0.05) is 11.1 Å². The van der Waals surface area contributed by atoms with Crippen molar-refractivity contribution >= 4 is 11.9 Å². The van der Waals surface area contributed by atoms with Crippen molar-refractivity contribution in [3.63, 3.8) is 0 Å². The van der Waals surface area contributed by atoms with E-state index in [4.69, 9.17) is 4.74 Å². The Morgan fingerprint density at radius 2 is 1.41 bits per heavy atom. The van der Waals surface area contributed by atoms with E-state index in [1.165, 1.54) is 18.4 Å². The lowest BCUT2D eigenvalue weighted by atomic mass is 9.85. The molecule has 3 unspecified atom stereocenters. The molecule has 0 saturated heterocycles. The number of ether oxygens (including phenoxy) is 1. The summed E-state index contributed by atoms with van der Waals surface area (Å²) in [5, 5.41) is 11.1. The molecule has 2 aromatic rings. The number of rotatable bonds is 16. The van der Waals surface area contributed by atoms with Crippen LogP contribution in [0.4, 0.5) is 0 Å². The number of hydrogen-bond donors (Lipinski definition) is 1. The first kappa shape index (κ1) is 30.7. The zero-order valence-electron chi connectivity index (χ0n) is 24.4. The molecule has 3 nitrogen and oxygen atoms in total. The summed E-state index contributed by atoms with van der Waals surface area (Å²) in [4.78, 5) is 13.4. The van der Waals surface area contributed by atoms with Gasteiger partial charge in [-0.1, -0.05) is 104 Å². The van der Waals surface area contributed by atoms with Crippen molar-refractivity contribution in [2.75, 3.05) is 7.11 Å². The molecule has 37 heavy (non-hydrogen) atoms. The van der Waals surface area contributed by atoms with Gasteiger partial charge in [0.05, 0.1) is 7.11 Å². The number of aliphatic hydroxyl groups is 1. The molecule has 2 rings (SSSR count). The van der Waals surface area contributed by atoms with E-state index in [0.29, 0.717) is 17.4 Å². The van der Waals surface area contributed by atoms with E-state index in [-0.39, 0.29) is 17.5 Å². The Morgan fingerprint density at radius 1 is 0.838 bits per heavy atom. The number of unbranched alkanes of at least 4 members (excludes halogenated alkanes) is 3. The maximum atomic E-state index is 13.4. The molecule has 0 spiro atoms. The largest absolute Gasteiger partial charge is 0.504 e. The number of carbonyl (C=O) groups excluding carboxylic acids is 1. The molecule has 0 aromatic heterocycles. The Bertz CT molecular complexity index is 1020. The van der Waals surface area contributed by atoms with Crippen LogP contribution in [0.5, 0.6) is 5.75 Å². The Hall–Kier alpha value is -2.55. The van der Waals surface area contributed by atoms with Gasteiger partial charge in [-0.2, -0.15) is 0 Å². The predicted octanol–water partition coefficient (Wildman–Crippen LogP) is 10.4. The third-order valence-electron chi connectivity index (χ3n) is 7.69. The molecule has 0 bridgehead atoms. The van der Waals surface area contributed by atoms with E-state index < -0.39 is 0 Å². The van der Waals surface area contributed by atoms with Gasteiger partial charge in [-0.25, -0.2) is 0 Å². The van der Waals surface area contributed by atoms with Crippen LogP contribution in [0.1, 0.15) is 150 Å². The second-order valence-corrected chi connectivity index (χ2v) is 10.8. The van der Waals surface area contributed by atoms with Crippen molar-refractivity contribution in [1.82, 2.24) is 0 Å². The lowest BCUT2D eigenvalue weighted by molar-refractivity contribution is 0.0980. The molecule has 0 saturated carbocycles. The average Bonchev–Trinajstić information content (AvgIpc) is 2.92. The summed E-state index contributed by atoms with van der Waals surface area (Å²) < 4.78 is 5.89. The Kier molecular flexibility index (Phi) is 13.0. The normalized spacial score (nSPS) is 14.3. The van der Waals surface area contributed by atoms with Crippen LogP contribution < -0.4 is 4.74 Å². The van der Waals surface area contributed by atoms with Crippen LogP contribution in [-0.4, -0.2) is 18.0 Å². The standard InChI is InChI=1S/C34H50O3/c1-8-11-15-24(4)27-18-14-19-28(20-27)34(36)31(35)22-30-21-29(25(5)16-12-9-2)23-32(37-7)33(30)26(6)17-13-10-3/h14,18-26,35H,8-13,15-17H2,1-7H3. The van der Waals surface area contributed by atoms with Gasteiger partial charge in [-0.3, -0.25) is 4.79 Å². The predicted molar refractivity (Wildman–Crippen MR) is 158 cm³/mol. The molecule has 3 heteroatoms. The second-order valence-electron chi connectivity index (χ2n) is 10.8. The van der Waals surface area contributed by atoms with Gasteiger partial charge in [-0.05, 0) is 71.9 Å². The summed E-state index contributed by atoms with van der Waals surface area (Å²) in [6.45, 7) is 13.3. The Labute approximate surface area is 226 Å². The highest BCUT2D eigenvalue weighted by molar-refractivity contribution is 6.09. The molecular formula is C34H50O3. The van der Waals surface area contributed by atoms with Gasteiger partial charge < -0.3 is 9.84 Å². The van der Waals surface area contributed by atoms with E-state index in [2.05, 4.69) is 59.7 Å². The van der Waals surface area contributed by atoms with Crippen LogP contribution in [-0.2, 0) is 0 Å². The summed E-state index contributed by atoms with van der Waals surface area (Å²) in [5.74, 6) is 1.31. The van der Waals surface area contributed by atoms with Crippen LogP contribution in [0.15, 0.2) is 42.2 Å². The smallest absolute Gasteiger partial charge is 0.227 e. The molecule has 0 radical (unpaired) electrons. The zero-order chi connectivity index (χ0) is 27.4.